The number of methoxy groups -OCH3 is 1. The molecular weight excluding hydrogens is 188 g/mol. The Hall–Kier alpha value is -0.120. The van der Waals surface area contributed by atoms with E-state index in [0.29, 0.717) is 0 Å². The summed E-state index contributed by atoms with van der Waals surface area (Å²) in [5.74, 6) is 0. The van der Waals surface area contributed by atoms with Crippen LogP contribution in [-0.4, -0.2) is 50.3 Å². The van der Waals surface area contributed by atoms with Crippen LogP contribution >= 0.6 is 0 Å². The van der Waals surface area contributed by atoms with Crippen LogP contribution in [-0.2, 0) is 4.74 Å². The fraction of sp³-hybridized carbons (Fsp3) is 1.00. The second-order valence-corrected chi connectivity index (χ2v) is 5.04. The van der Waals surface area contributed by atoms with Gasteiger partial charge in [0.1, 0.15) is 0 Å². The summed E-state index contributed by atoms with van der Waals surface area (Å²) in [4.78, 5) is 2.55. The minimum absolute atomic E-state index is 0.0398. The highest BCUT2D eigenvalue weighted by Gasteiger charge is 2.15. The lowest BCUT2D eigenvalue weighted by Gasteiger charge is -2.28. The average Bonchev–Trinajstić information content (AvgIpc) is 2.26. The Balaban J connectivity index is 2.00. The first-order valence-electron chi connectivity index (χ1n) is 6.12. The van der Waals surface area contributed by atoms with Gasteiger partial charge in [0, 0.05) is 26.7 Å². The predicted molar refractivity (Wildman–Crippen MR) is 64.2 cm³/mol. The molecule has 1 heterocycles. The van der Waals surface area contributed by atoms with Crippen LogP contribution in [0.1, 0.15) is 33.1 Å². The number of hydrogen-bond acceptors (Lipinski definition) is 3. The number of piperidine rings is 1. The highest BCUT2D eigenvalue weighted by Crippen LogP contribution is 2.07. The summed E-state index contributed by atoms with van der Waals surface area (Å²) in [6, 6.07) is 0. The van der Waals surface area contributed by atoms with Gasteiger partial charge in [-0.3, -0.25) is 0 Å². The van der Waals surface area contributed by atoms with Crippen molar-refractivity contribution in [3.05, 3.63) is 0 Å². The molecule has 0 bridgehead atoms. The van der Waals surface area contributed by atoms with Gasteiger partial charge in [-0.15, -0.1) is 0 Å². The van der Waals surface area contributed by atoms with Crippen molar-refractivity contribution in [3.63, 3.8) is 0 Å². The van der Waals surface area contributed by atoms with Gasteiger partial charge in [0.2, 0.25) is 0 Å². The van der Waals surface area contributed by atoms with Gasteiger partial charge in [0.05, 0.1) is 5.60 Å². The van der Waals surface area contributed by atoms with Gasteiger partial charge in [-0.25, -0.2) is 0 Å². The maximum Gasteiger partial charge on any atom is 0.0746 e. The van der Waals surface area contributed by atoms with Crippen molar-refractivity contribution < 1.29 is 4.74 Å². The highest BCUT2D eigenvalue weighted by atomic mass is 16.5. The molecule has 1 aliphatic rings. The number of nitrogens with one attached hydrogen (secondary N) is 1. The Morgan fingerprint density at radius 1 is 1.20 bits per heavy atom. The minimum atomic E-state index is -0.0398. The summed E-state index contributed by atoms with van der Waals surface area (Å²) in [6.45, 7) is 9.98. The molecule has 0 unspecified atom stereocenters. The van der Waals surface area contributed by atoms with Crippen molar-refractivity contribution in [2.75, 3.05) is 39.8 Å². The van der Waals surface area contributed by atoms with Crippen LogP contribution in [0, 0.1) is 0 Å². The maximum absolute atomic E-state index is 5.35. The van der Waals surface area contributed by atoms with Gasteiger partial charge in [-0.1, -0.05) is 6.42 Å². The van der Waals surface area contributed by atoms with Gasteiger partial charge >= 0.3 is 0 Å². The zero-order valence-electron chi connectivity index (χ0n) is 10.5. The molecule has 1 N–H and O–H groups in total. The topological polar surface area (TPSA) is 24.5 Å². The number of rotatable bonds is 6. The van der Waals surface area contributed by atoms with Gasteiger partial charge in [0.15, 0.2) is 0 Å². The van der Waals surface area contributed by atoms with Crippen LogP contribution < -0.4 is 5.32 Å². The minimum Gasteiger partial charge on any atom is -0.377 e. The summed E-state index contributed by atoms with van der Waals surface area (Å²) in [7, 11) is 1.77. The van der Waals surface area contributed by atoms with E-state index in [0.717, 1.165) is 13.1 Å². The van der Waals surface area contributed by atoms with Crippen molar-refractivity contribution in [1.82, 2.24) is 10.2 Å². The van der Waals surface area contributed by atoms with E-state index in [1.165, 1.54) is 38.9 Å². The summed E-state index contributed by atoms with van der Waals surface area (Å²) in [5.41, 5.74) is -0.0398. The molecule has 0 aromatic heterocycles. The molecule has 0 amide bonds. The third-order valence-electron chi connectivity index (χ3n) is 3.16. The molecule has 3 nitrogen and oxygen atoms in total. The third-order valence-corrected chi connectivity index (χ3v) is 3.16. The van der Waals surface area contributed by atoms with Gasteiger partial charge in [0.25, 0.3) is 0 Å². The molecule has 15 heavy (non-hydrogen) atoms. The first-order chi connectivity index (χ1) is 7.14. The van der Waals surface area contributed by atoms with Crippen molar-refractivity contribution in [1.29, 1.82) is 0 Å². The van der Waals surface area contributed by atoms with E-state index in [1.54, 1.807) is 7.11 Å². The Morgan fingerprint density at radius 2 is 1.87 bits per heavy atom. The molecule has 0 aromatic carbocycles. The SMILES string of the molecule is COC(C)(C)CNCCN1CCCCC1. The van der Waals surface area contributed by atoms with Crippen LogP contribution in [0.5, 0.6) is 0 Å². The van der Waals surface area contributed by atoms with Crippen molar-refractivity contribution in [2.45, 2.75) is 38.7 Å². The largest absolute Gasteiger partial charge is 0.377 e. The van der Waals surface area contributed by atoms with E-state index in [2.05, 4.69) is 24.1 Å². The quantitative estimate of drug-likeness (QED) is 0.678. The number of nitrogens with zero attached hydrogens (tertiary/aromatic N) is 1. The van der Waals surface area contributed by atoms with Crippen LogP contribution in [0.3, 0.4) is 0 Å². The van der Waals surface area contributed by atoms with Gasteiger partial charge < -0.3 is 15.0 Å². The zero-order chi connectivity index (χ0) is 11.1. The monoisotopic (exact) mass is 214 g/mol. The Bertz CT molecular complexity index is 165. The third kappa shape index (κ3) is 5.50. The summed E-state index contributed by atoms with van der Waals surface area (Å²) in [6.07, 6.45) is 4.17. The number of likely N-dealkylation sites (tertiary alicyclic amines) is 1. The van der Waals surface area contributed by atoms with Crippen LogP contribution in [0.4, 0.5) is 0 Å². The standard InChI is InChI=1S/C12H26N2O/c1-12(2,15-3)11-13-7-10-14-8-5-4-6-9-14/h13H,4-11H2,1-3H3. The molecule has 0 radical (unpaired) electrons. The smallest absolute Gasteiger partial charge is 0.0746 e. The molecule has 0 saturated carbocycles. The predicted octanol–water partition coefficient (Wildman–Crippen LogP) is 1.49. The van der Waals surface area contributed by atoms with E-state index in [9.17, 15) is 0 Å². The fourth-order valence-corrected chi connectivity index (χ4v) is 1.88. The van der Waals surface area contributed by atoms with Crippen molar-refractivity contribution in [2.24, 2.45) is 0 Å². The Morgan fingerprint density at radius 3 is 2.47 bits per heavy atom. The summed E-state index contributed by atoms with van der Waals surface area (Å²) < 4.78 is 5.35. The molecule has 1 saturated heterocycles. The van der Waals surface area contributed by atoms with E-state index in [1.807, 2.05) is 0 Å². The molecular formula is C12H26N2O. The Labute approximate surface area is 94.2 Å². The second kappa shape index (κ2) is 6.46. The average molecular weight is 214 g/mol. The summed E-state index contributed by atoms with van der Waals surface area (Å²) >= 11 is 0. The lowest BCUT2D eigenvalue weighted by atomic mass is 10.1. The van der Waals surface area contributed by atoms with Crippen molar-refractivity contribution >= 4 is 0 Å². The van der Waals surface area contributed by atoms with Crippen LogP contribution in [0.2, 0.25) is 0 Å². The van der Waals surface area contributed by atoms with Crippen LogP contribution in [0.25, 0.3) is 0 Å². The van der Waals surface area contributed by atoms with Gasteiger partial charge in [-0.2, -0.15) is 0 Å². The van der Waals surface area contributed by atoms with E-state index < -0.39 is 0 Å². The maximum atomic E-state index is 5.35. The first kappa shape index (κ1) is 12.9. The molecule has 1 fully saturated rings. The number of hydrogen-bond donors (Lipinski definition) is 1. The van der Waals surface area contributed by atoms with Gasteiger partial charge in [-0.05, 0) is 39.8 Å². The molecule has 0 aliphatic carbocycles. The van der Waals surface area contributed by atoms with Crippen molar-refractivity contribution in [3.8, 4) is 0 Å². The lowest BCUT2D eigenvalue weighted by molar-refractivity contribution is 0.0229. The van der Waals surface area contributed by atoms with Crippen LogP contribution in [0.15, 0.2) is 0 Å². The molecule has 3 heteroatoms. The summed E-state index contributed by atoms with van der Waals surface area (Å²) in [5, 5.41) is 3.46. The Kier molecular flexibility index (Phi) is 5.58. The van der Waals surface area contributed by atoms with E-state index >= 15 is 0 Å². The molecule has 0 spiro atoms. The lowest BCUT2D eigenvalue weighted by Crippen LogP contribution is -2.41. The molecule has 0 atom stereocenters. The normalized spacial score (nSPS) is 19.4. The van der Waals surface area contributed by atoms with E-state index in [4.69, 9.17) is 4.74 Å². The van der Waals surface area contributed by atoms with E-state index in [-0.39, 0.29) is 5.60 Å². The second-order valence-electron chi connectivity index (χ2n) is 5.04. The highest BCUT2D eigenvalue weighted by molar-refractivity contribution is 4.72. The molecule has 0 aromatic rings. The molecule has 1 rings (SSSR count). The molecule has 1 aliphatic heterocycles. The number of ether oxygens (including phenoxy) is 1. The first-order valence-corrected chi connectivity index (χ1v) is 6.12. The molecule has 90 valence electrons. The zero-order valence-corrected chi connectivity index (χ0v) is 10.5. The fourth-order valence-electron chi connectivity index (χ4n) is 1.88.